The van der Waals surface area contributed by atoms with Crippen molar-refractivity contribution >= 4 is 11.8 Å². The lowest BCUT2D eigenvalue weighted by atomic mass is 10.2. The van der Waals surface area contributed by atoms with Crippen molar-refractivity contribution in [2.45, 2.75) is 45.4 Å². The number of hydrogen-bond donors (Lipinski definition) is 1. The summed E-state index contributed by atoms with van der Waals surface area (Å²) in [7, 11) is 2.06. The second-order valence-corrected chi connectivity index (χ2v) is 5.59. The molecule has 2 unspecified atom stereocenters. The standard InChI is InChI=1S/C12H27NO2S/c1-10(2)15-9-12(14)8-13(4)11(3)6-7-16-5/h10-12,14H,6-9H2,1-5H3. The van der Waals surface area contributed by atoms with Gasteiger partial charge >= 0.3 is 0 Å². The summed E-state index contributed by atoms with van der Waals surface area (Å²) in [6, 6.07) is 0.515. The van der Waals surface area contributed by atoms with Gasteiger partial charge in [0.15, 0.2) is 0 Å². The number of rotatable bonds is 9. The van der Waals surface area contributed by atoms with Crippen LogP contribution >= 0.6 is 11.8 Å². The highest BCUT2D eigenvalue weighted by molar-refractivity contribution is 7.98. The molecule has 0 saturated heterocycles. The SMILES string of the molecule is CSCCC(C)N(C)CC(O)COC(C)C. The van der Waals surface area contributed by atoms with Gasteiger partial charge in [-0.3, -0.25) is 0 Å². The Morgan fingerprint density at radius 2 is 1.94 bits per heavy atom. The Morgan fingerprint density at radius 1 is 1.31 bits per heavy atom. The zero-order valence-electron chi connectivity index (χ0n) is 11.3. The summed E-state index contributed by atoms with van der Waals surface area (Å²) in [4.78, 5) is 2.20. The third kappa shape index (κ3) is 8.39. The van der Waals surface area contributed by atoms with E-state index in [0.29, 0.717) is 19.2 Å². The molecule has 0 aromatic carbocycles. The van der Waals surface area contributed by atoms with Gasteiger partial charge < -0.3 is 14.7 Å². The molecule has 16 heavy (non-hydrogen) atoms. The van der Waals surface area contributed by atoms with Crippen LogP contribution in [-0.2, 0) is 4.74 Å². The Balaban J connectivity index is 3.71. The smallest absolute Gasteiger partial charge is 0.0900 e. The van der Waals surface area contributed by atoms with E-state index in [1.165, 1.54) is 5.75 Å². The van der Waals surface area contributed by atoms with E-state index in [4.69, 9.17) is 4.74 Å². The van der Waals surface area contributed by atoms with Crippen molar-refractivity contribution < 1.29 is 9.84 Å². The third-order valence-electron chi connectivity index (χ3n) is 2.61. The van der Waals surface area contributed by atoms with Crippen LogP contribution in [0.25, 0.3) is 0 Å². The lowest BCUT2D eigenvalue weighted by molar-refractivity contribution is -0.00944. The molecular weight excluding hydrogens is 222 g/mol. The zero-order valence-corrected chi connectivity index (χ0v) is 12.1. The second kappa shape index (κ2) is 9.28. The van der Waals surface area contributed by atoms with Crippen LogP contribution in [0.4, 0.5) is 0 Å². The van der Waals surface area contributed by atoms with Crippen molar-refractivity contribution in [1.29, 1.82) is 0 Å². The van der Waals surface area contributed by atoms with E-state index in [0.717, 1.165) is 6.42 Å². The van der Waals surface area contributed by atoms with Gasteiger partial charge in [-0.1, -0.05) is 0 Å². The van der Waals surface area contributed by atoms with E-state index in [-0.39, 0.29) is 12.2 Å². The van der Waals surface area contributed by atoms with E-state index < -0.39 is 0 Å². The van der Waals surface area contributed by atoms with Crippen molar-refractivity contribution in [2.75, 3.05) is 32.2 Å². The van der Waals surface area contributed by atoms with Crippen molar-refractivity contribution in [3.63, 3.8) is 0 Å². The quantitative estimate of drug-likeness (QED) is 0.676. The van der Waals surface area contributed by atoms with Crippen LogP contribution in [0.2, 0.25) is 0 Å². The molecule has 0 aliphatic carbocycles. The summed E-state index contributed by atoms with van der Waals surface area (Å²) < 4.78 is 5.38. The molecule has 0 heterocycles. The molecular formula is C12H27NO2S. The predicted octanol–water partition coefficient (Wildman–Crippen LogP) is 1.85. The van der Waals surface area contributed by atoms with E-state index in [1.807, 2.05) is 25.6 Å². The van der Waals surface area contributed by atoms with Gasteiger partial charge in [-0.25, -0.2) is 0 Å². The monoisotopic (exact) mass is 249 g/mol. The van der Waals surface area contributed by atoms with Gasteiger partial charge in [-0.2, -0.15) is 11.8 Å². The minimum absolute atomic E-state index is 0.189. The summed E-state index contributed by atoms with van der Waals surface area (Å²) in [5.74, 6) is 1.17. The van der Waals surface area contributed by atoms with Gasteiger partial charge in [0, 0.05) is 12.6 Å². The molecule has 0 rings (SSSR count). The van der Waals surface area contributed by atoms with Crippen LogP contribution in [0.15, 0.2) is 0 Å². The molecule has 0 bridgehead atoms. The van der Waals surface area contributed by atoms with E-state index in [1.54, 1.807) is 0 Å². The van der Waals surface area contributed by atoms with Gasteiger partial charge in [0.1, 0.15) is 0 Å². The highest BCUT2D eigenvalue weighted by Crippen LogP contribution is 2.06. The summed E-state index contributed by atoms with van der Waals surface area (Å²) in [5, 5.41) is 9.77. The van der Waals surface area contributed by atoms with Crippen LogP contribution in [0.3, 0.4) is 0 Å². The average molecular weight is 249 g/mol. The molecule has 0 aromatic rings. The summed E-state index contributed by atoms with van der Waals surface area (Å²) >= 11 is 1.87. The number of nitrogens with zero attached hydrogens (tertiary/aromatic N) is 1. The van der Waals surface area contributed by atoms with Gasteiger partial charge in [0.25, 0.3) is 0 Å². The van der Waals surface area contributed by atoms with Gasteiger partial charge in [-0.05, 0) is 46.2 Å². The summed E-state index contributed by atoms with van der Waals surface area (Å²) in [6.45, 7) is 7.28. The fourth-order valence-corrected chi connectivity index (χ4v) is 1.95. The number of aliphatic hydroxyl groups excluding tert-OH is 1. The first-order valence-electron chi connectivity index (χ1n) is 5.96. The molecule has 2 atom stereocenters. The number of ether oxygens (including phenoxy) is 1. The first kappa shape index (κ1) is 16.2. The lowest BCUT2D eigenvalue weighted by Crippen LogP contribution is -2.38. The zero-order chi connectivity index (χ0) is 12.6. The van der Waals surface area contributed by atoms with Gasteiger partial charge in [0.05, 0.1) is 18.8 Å². The van der Waals surface area contributed by atoms with Crippen LogP contribution in [0, 0.1) is 0 Å². The molecule has 0 fully saturated rings. The van der Waals surface area contributed by atoms with E-state index in [9.17, 15) is 5.11 Å². The predicted molar refractivity (Wildman–Crippen MR) is 72.2 cm³/mol. The maximum absolute atomic E-state index is 9.77. The number of hydrogen-bond acceptors (Lipinski definition) is 4. The van der Waals surface area contributed by atoms with Crippen LogP contribution in [0.5, 0.6) is 0 Å². The summed E-state index contributed by atoms with van der Waals surface area (Å²) in [6.07, 6.45) is 3.09. The first-order valence-corrected chi connectivity index (χ1v) is 7.35. The Bertz CT molecular complexity index is 167. The van der Waals surface area contributed by atoms with Crippen molar-refractivity contribution in [1.82, 2.24) is 4.90 Å². The summed E-state index contributed by atoms with van der Waals surface area (Å²) in [5.41, 5.74) is 0. The maximum atomic E-state index is 9.77. The number of likely N-dealkylation sites (N-methyl/N-ethyl adjacent to an activating group) is 1. The highest BCUT2D eigenvalue weighted by atomic mass is 32.2. The van der Waals surface area contributed by atoms with E-state index in [2.05, 4.69) is 25.1 Å². The molecule has 0 spiro atoms. The molecule has 0 aliphatic heterocycles. The normalized spacial score (nSPS) is 15.8. The molecule has 98 valence electrons. The number of aliphatic hydroxyl groups is 1. The van der Waals surface area contributed by atoms with Gasteiger partial charge in [0.2, 0.25) is 0 Å². The van der Waals surface area contributed by atoms with Crippen molar-refractivity contribution in [2.24, 2.45) is 0 Å². The fourth-order valence-electron chi connectivity index (χ4n) is 1.38. The Morgan fingerprint density at radius 3 is 2.44 bits per heavy atom. The van der Waals surface area contributed by atoms with E-state index >= 15 is 0 Å². The number of thioether (sulfide) groups is 1. The average Bonchev–Trinajstić information content (AvgIpc) is 2.22. The van der Waals surface area contributed by atoms with Gasteiger partial charge in [-0.15, -0.1) is 0 Å². The van der Waals surface area contributed by atoms with Crippen LogP contribution < -0.4 is 0 Å². The Hall–Kier alpha value is 0.230. The first-order chi connectivity index (χ1) is 7.47. The molecule has 3 nitrogen and oxygen atoms in total. The molecule has 4 heteroatoms. The third-order valence-corrected chi connectivity index (χ3v) is 3.26. The fraction of sp³-hybridized carbons (Fsp3) is 1.00. The second-order valence-electron chi connectivity index (χ2n) is 4.61. The topological polar surface area (TPSA) is 32.7 Å². The molecule has 0 aliphatic rings. The maximum Gasteiger partial charge on any atom is 0.0900 e. The highest BCUT2D eigenvalue weighted by Gasteiger charge is 2.13. The molecule has 0 radical (unpaired) electrons. The molecule has 0 saturated carbocycles. The minimum Gasteiger partial charge on any atom is -0.389 e. The van der Waals surface area contributed by atoms with Crippen molar-refractivity contribution in [3.8, 4) is 0 Å². The van der Waals surface area contributed by atoms with Crippen LogP contribution in [0.1, 0.15) is 27.2 Å². The largest absolute Gasteiger partial charge is 0.389 e. The van der Waals surface area contributed by atoms with Crippen molar-refractivity contribution in [3.05, 3.63) is 0 Å². The molecule has 0 aromatic heterocycles. The Labute approximate surface area is 105 Å². The Kier molecular flexibility index (Phi) is 9.41. The lowest BCUT2D eigenvalue weighted by Gasteiger charge is -2.27. The molecule has 1 N–H and O–H groups in total. The van der Waals surface area contributed by atoms with Crippen LogP contribution in [-0.4, -0.2) is 60.5 Å². The minimum atomic E-state index is -0.385. The molecule has 0 amide bonds.